The normalized spacial score (nSPS) is 11.3. The number of nitrogens with one attached hydrogen (secondary N) is 1. The molecule has 0 fully saturated rings. The van der Waals surface area contributed by atoms with E-state index in [-0.39, 0.29) is 0 Å². The molecule has 4 heteroatoms. The number of nitrogens with zero attached hydrogens (tertiary/aromatic N) is 1. The van der Waals surface area contributed by atoms with Crippen LogP contribution in [0.15, 0.2) is 59.7 Å². The zero-order chi connectivity index (χ0) is 12.8. The second-order valence-corrected chi connectivity index (χ2v) is 3.96. The third-order valence-corrected chi connectivity index (χ3v) is 2.76. The van der Waals surface area contributed by atoms with Gasteiger partial charge in [-0.2, -0.15) is 5.10 Å². The summed E-state index contributed by atoms with van der Waals surface area (Å²) in [6.45, 7) is 0. The van der Waals surface area contributed by atoms with Crippen LogP contribution in [0.2, 0.25) is 0 Å². The summed E-state index contributed by atoms with van der Waals surface area (Å²) in [7, 11) is 0. The summed E-state index contributed by atoms with van der Waals surface area (Å²) < 4.78 is 0. The van der Waals surface area contributed by atoms with Crippen molar-refractivity contribution in [2.24, 2.45) is 16.8 Å². The van der Waals surface area contributed by atoms with Crippen molar-refractivity contribution in [2.45, 2.75) is 6.42 Å². The van der Waals surface area contributed by atoms with Gasteiger partial charge in [-0.15, -0.1) is 0 Å². The molecule has 18 heavy (non-hydrogen) atoms. The smallest absolute Gasteiger partial charge is 0.140 e. The van der Waals surface area contributed by atoms with E-state index in [1.807, 2.05) is 30.3 Å². The minimum atomic E-state index is 0.558. The maximum Gasteiger partial charge on any atom is 0.140 e. The van der Waals surface area contributed by atoms with E-state index >= 15 is 0 Å². The van der Waals surface area contributed by atoms with Crippen LogP contribution in [0.25, 0.3) is 11.1 Å². The molecule has 0 aliphatic rings. The molecule has 0 radical (unpaired) electrons. The quantitative estimate of drug-likeness (QED) is 0.330. The van der Waals surface area contributed by atoms with Gasteiger partial charge in [0, 0.05) is 6.42 Å². The Kier molecular flexibility index (Phi) is 3.94. The van der Waals surface area contributed by atoms with Gasteiger partial charge in [-0.1, -0.05) is 54.6 Å². The van der Waals surface area contributed by atoms with E-state index in [4.69, 9.17) is 11.7 Å². The predicted molar refractivity (Wildman–Crippen MR) is 74.5 cm³/mol. The Hall–Kier alpha value is -2.33. The van der Waals surface area contributed by atoms with E-state index in [2.05, 4.69) is 34.8 Å². The van der Waals surface area contributed by atoms with Gasteiger partial charge in [-0.05, 0) is 16.7 Å². The third kappa shape index (κ3) is 2.87. The largest absolute Gasteiger partial charge is 0.322 e. The van der Waals surface area contributed by atoms with Crippen molar-refractivity contribution in [2.75, 3.05) is 0 Å². The first-order valence-corrected chi connectivity index (χ1v) is 5.71. The van der Waals surface area contributed by atoms with E-state index < -0.39 is 0 Å². The highest BCUT2D eigenvalue weighted by atomic mass is 15.3. The SMILES string of the molecule is N/N=C(/Cc1ccc(-c2ccccc2)cc1)NN. The Morgan fingerprint density at radius 3 is 2.11 bits per heavy atom. The van der Waals surface area contributed by atoms with Gasteiger partial charge >= 0.3 is 0 Å². The van der Waals surface area contributed by atoms with Crippen LogP contribution in [-0.2, 0) is 6.42 Å². The first kappa shape index (κ1) is 12.1. The molecule has 0 unspecified atom stereocenters. The van der Waals surface area contributed by atoms with Crippen LogP contribution >= 0.6 is 0 Å². The number of nitrogens with two attached hydrogens (primary N) is 2. The summed E-state index contributed by atoms with van der Waals surface area (Å²) in [6.07, 6.45) is 0.599. The third-order valence-electron chi connectivity index (χ3n) is 2.76. The van der Waals surface area contributed by atoms with Crippen LogP contribution < -0.4 is 17.1 Å². The molecule has 0 aliphatic heterocycles. The molecule has 2 aromatic rings. The number of benzene rings is 2. The van der Waals surface area contributed by atoms with Crippen molar-refractivity contribution in [1.29, 1.82) is 0 Å². The fourth-order valence-electron chi connectivity index (χ4n) is 1.77. The molecule has 5 N–H and O–H groups in total. The highest BCUT2D eigenvalue weighted by Gasteiger charge is 2.00. The van der Waals surface area contributed by atoms with Gasteiger partial charge in [-0.25, -0.2) is 5.84 Å². The maximum atomic E-state index is 5.29. The van der Waals surface area contributed by atoms with Crippen molar-refractivity contribution in [3.63, 3.8) is 0 Å². The fourth-order valence-corrected chi connectivity index (χ4v) is 1.77. The molecular weight excluding hydrogens is 224 g/mol. The van der Waals surface area contributed by atoms with Gasteiger partial charge in [0.2, 0.25) is 0 Å². The Balaban J connectivity index is 2.16. The van der Waals surface area contributed by atoms with E-state index in [0.717, 1.165) is 5.56 Å². The number of hydrazine groups is 1. The van der Waals surface area contributed by atoms with Crippen molar-refractivity contribution in [3.05, 3.63) is 60.2 Å². The molecule has 0 saturated carbocycles. The monoisotopic (exact) mass is 240 g/mol. The zero-order valence-electron chi connectivity index (χ0n) is 10.0. The fraction of sp³-hybridized carbons (Fsp3) is 0.0714. The van der Waals surface area contributed by atoms with Gasteiger partial charge in [0.15, 0.2) is 0 Å². The molecule has 92 valence electrons. The van der Waals surface area contributed by atoms with Crippen molar-refractivity contribution >= 4 is 5.84 Å². The molecular formula is C14H16N4. The zero-order valence-corrected chi connectivity index (χ0v) is 10.0. The Labute approximate surface area is 106 Å². The van der Waals surface area contributed by atoms with Crippen LogP contribution in [0.3, 0.4) is 0 Å². The summed E-state index contributed by atoms with van der Waals surface area (Å²) in [5.74, 6) is 11.0. The first-order valence-electron chi connectivity index (χ1n) is 5.71. The summed E-state index contributed by atoms with van der Waals surface area (Å²) in [5, 5.41) is 3.56. The van der Waals surface area contributed by atoms with E-state index in [9.17, 15) is 0 Å². The van der Waals surface area contributed by atoms with Gasteiger partial charge in [0.1, 0.15) is 5.84 Å². The molecule has 0 aromatic heterocycles. The number of hydrogen-bond donors (Lipinski definition) is 3. The standard InChI is InChI=1S/C14H16N4/c15-17-14(18-16)10-11-6-8-13(9-7-11)12-4-2-1-3-5-12/h1-9H,10,15-16H2,(H,17,18). The number of hydrogen-bond acceptors (Lipinski definition) is 3. The van der Waals surface area contributed by atoms with Gasteiger partial charge in [0.25, 0.3) is 0 Å². The lowest BCUT2D eigenvalue weighted by molar-refractivity contribution is 0.968. The Bertz CT molecular complexity index is 517. The summed E-state index contributed by atoms with van der Waals surface area (Å²) >= 11 is 0. The molecule has 0 bridgehead atoms. The minimum Gasteiger partial charge on any atom is -0.322 e. The molecule has 0 atom stereocenters. The van der Waals surface area contributed by atoms with Crippen molar-refractivity contribution in [3.8, 4) is 11.1 Å². The molecule has 0 spiro atoms. The highest BCUT2D eigenvalue weighted by Crippen LogP contribution is 2.19. The maximum absolute atomic E-state index is 5.29. The lowest BCUT2D eigenvalue weighted by Gasteiger charge is -2.06. The minimum absolute atomic E-state index is 0.558. The summed E-state index contributed by atoms with van der Waals surface area (Å²) in [5.41, 5.74) is 5.97. The predicted octanol–water partition coefficient (Wildman–Crippen LogP) is 1.63. The number of amidine groups is 1. The van der Waals surface area contributed by atoms with E-state index in [1.165, 1.54) is 11.1 Å². The van der Waals surface area contributed by atoms with E-state index in [1.54, 1.807) is 0 Å². The molecule has 4 nitrogen and oxygen atoms in total. The lowest BCUT2D eigenvalue weighted by atomic mass is 10.0. The highest BCUT2D eigenvalue weighted by molar-refractivity contribution is 5.83. The number of rotatable bonds is 3. The van der Waals surface area contributed by atoms with E-state index in [0.29, 0.717) is 12.3 Å². The topological polar surface area (TPSA) is 76.4 Å². The molecule has 0 aliphatic carbocycles. The van der Waals surface area contributed by atoms with Gasteiger partial charge < -0.3 is 11.3 Å². The van der Waals surface area contributed by atoms with Crippen molar-refractivity contribution < 1.29 is 0 Å². The molecule has 2 aromatic carbocycles. The molecule has 0 heterocycles. The second kappa shape index (κ2) is 5.84. The first-order chi connectivity index (χ1) is 8.83. The van der Waals surface area contributed by atoms with Crippen molar-refractivity contribution in [1.82, 2.24) is 5.43 Å². The molecule has 0 amide bonds. The number of hydrazone groups is 1. The van der Waals surface area contributed by atoms with Crippen LogP contribution in [-0.4, -0.2) is 5.84 Å². The Morgan fingerprint density at radius 1 is 0.944 bits per heavy atom. The summed E-state index contributed by atoms with van der Waals surface area (Å²) in [6, 6.07) is 18.5. The van der Waals surface area contributed by atoms with Gasteiger partial charge in [-0.3, -0.25) is 0 Å². The average molecular weight is 240 g/mol. The second-order valence-electron chi connectivity index (χ2n) is 3.96. The average Bonchev–Trinajstić information content (AvgIpc) is 2.46. The molecule has 0 saturated heterocycles. The lowest BCUT2D eigenvalue weighted by Crippen LogP contribution is -2.32. The van der Waals surface area contributed by atoms with Gasteiger partial charge in [0.05, 0.1) is 0 Å². The summed E-state index contributed by atoms with van der Waals surface area (Å²) in [4.78, 5) is 0. The van der Waals surface area contributed by atoms with Crippen LogP contribution in [0.4, 0.5) is 0 Å². The van der Waals surface area contributed by atoms with Crippen LogP contribution in [0.5, 0.6) is 0 Å². The Morgan fingerprint density at radius 2 is 1.56 bits per heavy atom. The molecule has 2 rings (SSSR count). The van der Waals surface area contributed by atoms with Crippen LogP contribution in [0.1, 0.15) is 5.56 Å². The van der Waals surface area contributed by atoms with Crippen LogP contribution in [0, 0.1) is 0 Å².